The summed E-state index contributed by atoms with van der Waals surface area (Å²) in [5, 5.41) is 12.2. The second-order valence-electron chi connectivity index (χ2n) is 12.2. The van der Waals surface area contributed by atoms with E-state index in [4.69, 9.17) is 62.1 Å². The highest BCUT2D eigenvalue weighted by molar-refractivity contribution is 7.81. The molecule has 1 aliphatic rings. The van der Waals surface area contributed by atoms with Crippen molar-refractivity contribution in [2.45, 2.75) is 36.6 Å². The van der Waals surface area contributed by atoms with Crippen molar-refractivity contribution in [3.8, 4) is 0 Å². The van der Waals surface area contributed by atoms with Gasteiger partial charge >= 0.3 is 36.4 Å². The van der Waals surface area contributed by atoms with Gasteiger partial charge in [0.2, 0.25) is 0 Å². The van der Waals surface area contributed by atoms with Gasteiger partial charge in [-0.25, -0.2) is 22.8 Å². The van der Waals surface area contributed by atoms with E-state index in [9.17, 15) is 54.6 Å². The van der Waals surface area contributed by atoms with E-state index in [1.807, 2.05) is 0 Å². The third kappa shape index (κ3) is 33.8. The first-order chi connectivity index (χ1) is 30.3. The molecule has 0 saturated heterocycles. The van der Waals surface area contributed by atoms with Gasteiger partial charge in [0.25, 0.3) is 0 Å². The summed E-state index contributed by atoms with van der Waals surface area (Å²) in [6.07, 6.45) is -15.9. The lowest BCUT2D eigenvalue weighted by Gasteiger charge is -2.46. The van der Waals surface area contributed by atoms with Crippen molar-refractivity contribution >= 4 is 36.4 Å². The van der Waals surface area contributed by atoms with E-state index in [0.717, 1.165) is 0 Å². The third-order valence-electron chi connectivity index (χ3n) is 7.40. The predicted molar refractivity (Wildman–Crippen MR) is 205 cm³/mol. The minimum atomic E-state index is -5.80. The van der Waals surface area contributed by atoms with Crippen molar-refractivity contribution in [3.63, 3.8) is 0 Å². The van der Waals surface area contributed by atoms with Gasteiger partial charge in [-0.3, -0.25) is 18.2 Å². The van der Waals surface area contributed by atoms with E-state index in [2.05, 4.69) is 27.3 Å². The number of hydrogen-bond donors (Lipinski definition) is 7. The maximum atomic E-state index is 11.8. The fourth-order valence-corrected chi connectivity index (χ4v) is 7.11. The first-order valence-corrected chi connectivity index (χ1v) is 24.7. The molecule has 1 saturated carbocycles. The van der Waals surface area contributed by atoms with E-state index >= 15 is 0 Å². The highest BCUT2D eigenvalue weighted by atomic mass is 32.3. The van der Waals surface area contributed by atoms with Crippen LogP contribution in [0.3, 0.4) is 0 Å². The summed E-state index contributed by atoms with van der Waals surface area (Å²) < 4.78 is 171. The molecule has 31 nitrogen and oxygen atoms in total. The molecular formula is C29H60O31P2S2. The molecular weight excluding hydrogens is 970 g/mol. The average molecular weight is 1030 g/mol. The van der Waals surface area contributed by atoms with Crippen LogP contribution in [0.25, 0.3) is 0 Å². The minimum Gasteiger partial charge on any atom is -0.382 e. The summed E-state index contributed by atoms with van der Waals surface area (Å²) in [7, 11) is -21.4. The van der Waals surface area contributed by atoms with E-state index < -0.39 is 86.3 Å². The van der Waals surface area contributed by atoms with Crippen molar-refractivity contribution in [2.24, 2.45) is 0 Å². The van der Waals surface area contributed by atoms with Gasteiger partial charge in [0.15, 0.2) is 6.10 Å². The molecule has 0 aromatic heterocycles. The monoisotopic (exact) mass is 1030 g/mol. The number of methoxy groups -OCH3 is 1. The van der Waals surface area contributed by atoms with Crippen LogP contribution in [0.4, 0.5) is 0 Å². The van der Waals surface area contributed by atoms with Gasteiger partial charge in [0.05, 0.1) is 145 Å². The Hall–Kier alpha value is -0.640. The molecule has 0 aromatic carbocycles. The van der Waals surface area contributed by atoms with Crippen LogP contribution in [0, 0.1) is 0 Å². The normalized spacial score (nSPS) is 21.2. The summed E-state index contributed by atoms with van der Waals surface area (Å²) in [4.78, 5) is 42.0. The second kappa shape index (κ2) is 35.5. The van der Waals surface area contributed by atoms with Crippen LogP contribution < -0.4 is 0 Å². The molecule has 0 aliphatic heterocycles. The van der Waals surface area contributed by atoms with Gasteiger partial charge in [-0.2, -0.15) is 21.7 Å². The summed E-state index contributed by atoms with van der Waals surface area (Å²) >= 11 is 0. The van der Waals surface area contributed by atoms with Crippen molar-refractivity contribution in [2.75, 3.05) is 152 Å². The summed E-state index contributed by atoms with van der Waals surface area (Å²) in [5.41, 5.74) is 0. The Morgan fingerprint density at radius 1 is 0.391 bits per heavy atom. The molecule has 0 radical (unpaired) electrons. The second-order valence-corrected chi connectivity index (χ2v) is 16.7. The van der Waals surface area contributed by atoms with E-state index in [1.165, 1.54) is 0 Å². The summed E-state index contributed by atoms with van der Waals surface area (Å²) in [6, 6.07) is 0. The lowest BCUT2D eigenvalue weighted by molar-refractivity contribution is -0.520. The standard InChI is InChI=1S/C29H60O31P2S2/c1-43-2-3-44-4-5-45-6-7-46-8-9-47-10-11-48-12-13-49-14-15-50-16-17-51-18-19-52-20-21-53-22-23-54-24-28(58-63(37,38)39)26(56-61(31,32)33)25(55-60-30)27(57-62(34,35)36)29(24)59-64(40,41)42/h24-30H,2-23H2,1H3,(H2,31,32,33)(H2,34,35,36)(H,37,38,39)(H,40,41,42)/t24?,25?,26-,27?,28?,29-/m1/s1. The van der Waals surface area contributed by atoms with Crippen molar-refractivity contribution in [1.29, 1.82) is 0 Å². The van der Waals surface area contributed by atoms with Crippen molar-refractivity contribution in [3.05, 3.63) is 0 Å². The third-order valence-corrected chi connectivity index (χ3v) is 9.37. The van der Waals surface area contributed by atoms with Crippen LogP contribution >= 0.6 is 15.6 Å². The summed E-state index contributed by atoms with van der Waals surface area (Å²) in [6.45, 7) is 5.77. The molecule has 4 unspecified atom stereocenters. The van der Waals surface area contributed by atoms with E-state index in [-0.39, 0.29) is 39.6 Å². The molecule has 7 N–H and O–H groups in total. The largest absolute Gasteiger partial charge is 0.470 e. The van der Waals surface area contributed by atoms with Gasteiger partial charge < -0.3 is 76.4 Å². The maximum Gasteiger partial charge on any atom is 0.470 e. The average Bonchev–Trinajstić information content (AvgIpc) is 3.18. The van der Waals surface area contributed by atoms with Crippen LogP contribution in [0.1, 0.15) is 0 Å². The lowest BCUT2D eigenvalue weighted by atomic mass is 9.85. The van der Waals surface area contributed by atoms with Crippen LogP contribution in [-0.2, 0) is 114 Å². The Balaban J connectivity index is 2.27. The number of ether oxygens (including phenoxy) is 12. The van der Waals surface area contributed by atoms with Crippen LogP contribution in [0.2, 0.25) is 0 Å². The minimum absolute atomic E-state index is 0.00383. The molecule has 0 spiro atoms. The number of phosphoric ester groups is 2. The number of rotatable bonds is 44. The fourth-order valence-electron chi connectivity index (χ4n) is 4.99. The Bertz CT molecular complexity index is 1400. The molecule has 64 heavy (non-hydrogen) atoms. The Morgan fingerprint density at radius 2 is 0.641 bits per heavy atom. The van der Waals surface area contributed by atoms with Gasteiger partial charge in [-0.1, -0.05) is 5.04 Å². The Kier molecular flexibility index (Phi) is 34.0. The van der Waals surface area contributed by atoms with E-state index in [0.29, 0.717) is 92.5 Å². The molecule has 0 aromatic rings. The molecule has 1 rings (SSSR count). The predicted octanol–water partition coefficient (Wildman–Crippen LogP) is -2.68. The van der Waals surface area contributed by atoms with Gasteiger partial charge in [0, 0.05) is 7.11 Å². The molecule has 1 fully saturated rings. The summed E-state index contributed by atoms with van der Waals surface area (Å²) in [5.74, 6) is 0. The first kappa shape index (κ1) is 61.4. The zero-order valence-corrected chi connectivity index (χ0v) is 38.1. The molecule has 6 atom stereocenters. The first-order valence-electron chi connectivity index (χ1n) is 18.9. The Morgan fingerprint density at radius 3 is 0.859 bits per heavy atom. The highest BCUT2D eigenvalue weighted by Crippen LogP contribution is 2.48. The molecule has 0 amide bonds. The maximum absolute atomic E-state index is 11.8. The van der Waals surface area contributed by atoms with Crippen LogP contribution in [-0.4, -0.2) is 240 Å². The lowest BCUT2D eigenvalue weighted by Crippen LogP contribution is -2.67. The Labute approximate surface area is 369 Å². The number of phosphoric acid groups is 2. The molecule has 0 heterocycles. The topological polar surface area (TPSA) is 410 Å². The van der Waals surface area contributed by atoms with Crippen LogP contribution in [0.5, 0.6) is 0 Å². The van der Waals surface area contributed by atoms with Crippen molar-refractivity contribution < 1.29 is 144 Å². The van der Waals surface area contributed by atoms with Gasteiger partial charge in [-0.15, -0.1) is 0 Å². The molecule has 35 heteroatoms. The van der Waals surface area contributed by atoms with Gasteiger partial charge in [-0.05, 0) is 0 Å². The molecule has 1 aliphatic carbocycles. The quantitative estimate of drug-likeness (QED) is 0.0107. The van der Waals surface area contributed by atoms with Gasteiger partial charge in [0.1, 0.15) is 30.5 Å². The fraction of sp³-hybridized carbons (Fsp3) is 1.00. The van der Waals surface area contributed by atoms with Crippen molar-refractivity contribution in [1.82, 2.24) is 0 Å². The zero-order valence-electron chi connectivity index (χ0n) is 34.7. The number of hydrogen-bond acceptors (Lipinski definition) is 25. The highest BCUT2D eigenvalue weighted by Gasteiger charge is 2.61. The smallest absolute Gasteiger partial charge is 0.382 e. The van der Waals surface area contributed by atoms with E-state index in [1.54, 1.807) is 7.11 Å². The molecule has 0 bridgehead atoms. The zero-order chi connectivity index (χ0) is 47.7. The SMILES string of the molecule is COCCOCCOCCOCCOCCOCCOCCOCCOCCOCCOCCOC1C(OS(=O)(=O)O)[C@H](OP(=O)(O)O)C(OOO)C(OP(=O)(O)O)[C@@H]1OS(=O)(=O)O. The van der Waals surface area contributed by atoms with Crippen LogP contribution in [0.15, 0.2) is 0 Å². The molecule has 384 valence electrons.